The Balaban J connectivity index is 2.52. The number of unbranched alkanes of at least 4 members (excludes halogenated alkanes) is 1. The molecule has 1 unspecified atom stereocenters. The van der Waals surface area contributed by atoms with Gasteiger partial charge in [-0.3, -0.25) is 29.3 Å². The van der Waals surface area contributed by atoms with Gasteiger partial charge in [0.2, 0.25) is 17.7 Å². The van der Waals surface area contributed by atoms with Crippen LogP contribution in [0.3, 0.4) is 0 Å². The van der Waals surface area contributed by atoms with Gasteiger partial charge in [-0.05, 0) is 37.8 Å². The van der Waals surface area contributed by atoms with Crippen molar-refractivity contribution >= 4 is 41.1 Å². The van der Waals surface area contributed by atoms with Crippen LogP contribution in [0.4, 0.5) is 5.69 Å². The summed E-state index contributed by atoms with van der Waals surface area (Å²) in [5, 5.41) is 19.3. The molecule has 7 N–H and O–H groups in total. The molecule has 4 atom stereocenters. The monoisotopic (exact) mass is 508 g/mol. The highest BCUT2D eigenvalue weighted by Crippen LogP contribution is 2.28. The van der Waals surface area contributed by atoms with Gasteiger partial charge in [0.05, 0.1) is 10.5 Å². The van der Waals surface area contributed by atoms with Gasteiger partial charge in [0.1, 0.15) is 18.1 Å². The van der Waals surface area contributed by atoms with Crippen LogP contribution in [0.15, 0.2) is 23.1 Å². The van der Waals surface area contributed by atoms with Crippen LogP contribution in [0.2, 0.25) is 0 Å². The van der Waals surface area contributed by atoms with Crippen molar-refractivity contribution in [2.24, 2.45) is 17.4 Å². The van der Waals surface area contributed by atoms with E-state index in [1.54, 1.807) is 6.92 Å². The minimum atomic E-state index is -1.10. The van der Waals surface area contributed by atoms with Crippen LogP contribution in [0, 0.1) is 16.0 Å². The molecule has 0 saturated carbocycles. The number of nitro groups is 1. The number of nitrogens with zero attached hydrogens (tertiary/aromatic N) is 1. The summed E-state index contributed by atoms with van der Waals surface area (Å²) in [5.74, 6) is -2.93. The van der Waals surface area contributed by atoms with Gasteiger partial charge < -0.3 is 27.4 Å². The van der Waals surface area contributed by atoms with E-state index in [1.165, 1.54) is 12.1 Å². The first-order valence-corrected chi connectivity index (χ1v) is 12.4. The van der Waals surface area contributed by atoms with E-state index in [0.717, 1.165) is 17.8 Å². The topological polar surface area (TPSA) is 200 Å². The summed E-state index contributed by atoms with van der Waals surface area (Å²) in [6.07, 6.45) is 2.01. The number of nitro benzene ring substituents is 1. The first-order valence-electron chi connectivity index (χ1n) is 11.4. The average Bonchev–Trinajstić information content (AvgIpc) is 2.83. The highest BCUT2D eigenvalue weighted by Gasteiger charge is 2.33. The Kier molecular flexibility index (Phi) is 10.5. The lowest BCUT2D eigenvalue weighted by molar-refractivity contribution is -0.384. The summed E-state index contributed by atoms with van der Waals surface area (Å²) in [6.45, 7) is 4.04. The van der Waals surface area contributed by atoms with Crippen LogP contribution in [0.5, 0.6) is 0 Å². The second kappa shape index (κ2) is 13.0. The molecule has 4 amide bonds. The predicted molar refractivity (Wildman–Crippen MR) is 130 cm³/mol. The molecule has 192 valence electrons. The van der Waals surface area contributed by atoms with E-state index in [4.69, 9.17) is 11.5 Å². The number of fused-ring (bicyclic) bond motifs is 1. The summed E-state index contributed by atoms with van der Waals surface area (Å²) < 4.78 is 0. The Labute approximate surface area is 207 Å². The van der Waals surface area contributed by atoms with Crippen LogP contribution < -0.4 is 27.4 Å². The van der Waals surface area contributed by atoms with Crippen LogP contribution in [0.25, 0.3) is 0 Å². The number of primary amides is 1. The van der Waals surface area contributed by atoms with E-state index in [2.05, 4.69) is 16.0 Å². The molecule has 1 aromatic rings. The van der Waals surface area contributed by atoms with Crippen molar-refractivity contribution in [1.82, 2.24) is 16.0 Å². The van der Waals surface area contributed by atoms with Crippen molar-refractivity contribution in [3.8, 4) is 0 Å². The maximum absolute atomic E-state index is 13.2. The minimum Gasteiger partial charge on any atom is -0.368 e. The molecule has 13 heteroatoms. The van der Waals surface area contributed by atoms with Crippen LogP contribution in [-0.4, -0.2) is 59.0 Å². The van der Waals surface area contributed by atoms with Crippen molar-refractivity contribution in [1.29, 1.82) is 0 Å². The molecule has 12 nitrogen and oxygen atoms in total. The smallest absolute Gasteiger partial charge is 0.270 e. The van der Waals surface area contributed by atoms with Gasteiger partial charge in [-0.2, -0.15) is 0 Å². The maximum atomic E-state index is 13.2. The number of carbonyl (C=O) groups is 4. The predicted octanol–water partition coefficient (Wildman–Crippen LogP) is 0.429. The first kappa shape index (κ1) is 28.1. The van der Waals surface area contributed by atoms with Crippen molar-refractivity contribution < 1.29 is 24.1 Å². The van der Waals surface area contributed by atoms with Gasteiger partial charge in [0.25, 0.3) is 11.6 Å². The number of benzene rings is 1. The number of carbonyl (C=O) groups excluding carboxylic acids is 4. The molecule has 1 heterocycles. The zero-order valence-corrected chi connectivity index (χ0v) is 20.6. The summed E-state index contributed by atoms with van der Waals surface area (Å²) in [4.78, 5) is 62.5. The number of hydrogen-bond acceptors (Lipinski definition) is 8. The summed E-state index contributed by atoms with van der Waals surface area (Å²) in [5.41, 5.74) is 10.7. The third kappa shape index (κ3) is 7.65. The molecule has 0 aliphatic carbocycles. The number of thioether (sulfide) groups is 1. The third-order valence-electron chi connectivity index (χ3n) is 5.85. The number of rotatable bonds is 8. The number of nitrogens with one attached hydrogen (secondary N) is 3. The molecule has 35 heavy (non-hydrogen) atoms. The molecule has 2 rings (SSSR count). The second-order valence-electron chi connectivity index (χ2n) is 8.39. The molecule has 1 aromatic carbocycles. The molecule has 1 aliphatic heterocycles. The van der Waals surface area contributed by atoms with Crippen LogP contribution in [-0.2, 0) is 14.4 Å². The molecule has 0 aromatic heterocycles. The Bertz CT molecular complexity index is 974. The quantitative estimate of drug-likeness (QED) is 0.189. The zero-order valence-electron chi connectivity index (χ0n) is 19.7. The Morgan fingerprint density at radius 3 is 2.51 bits per heavy atom. The van der Waals surface area contributed by atoms with Crippen molar-refractivity contribution in [2.75, 3.05) is 12.3 Å². The maximum Gasteiger partial charge on any atom is 0.270 e. The van der Waals surface area contributed by atoms with E-state index >= 15 is 0 Å². The van der Waals surface area contributed by atoms with Crippen molar-refractivity contribution in [2.45, 2.75) is 62.6 Å². The van der Waals surface area contributed by atoms with Crippen LogP contribution >= 0.6 is 11.8 Å². The molecular formula is C22H32N6O6S. The SMILES string of the molecule is CCC(C)[C@@H]1NC(=O)c2cc([N+](=O)[O-])ccc2SC[C@@H](C(N)=O)NC(=O)[C@H](CCCCN)NC1=O. The largest absolute Gasteiger partial charge is 0.368 e. The zero-order chi connectivity index (χ0) is 26.1. The normalized spacial score (nSPS) is 22.3. The standard InChI is InChI=1S/C22H32N6O6S/c1-3-12(2)18-22(32)25-15(6-4-5-9-23)21(31)26-16(19(24)29)11-35-17-8-7-13(28(33)34)10-14(17)20(30)27-18/h7-8,10,12,15-16,18H,3-6,9,11,23H2,1-2H3,(H2,24,29)(H,25,32)(H,26,31)(H,27,30)/t12?,15-,16-,18-/m0/s1. The average molecular weight is 509 g/mol. The van der Waals surface area contributed by atoms with Crippen molar-refractivity contribution in [3.63, 3.8) is 0 Å². The van der Waals surface area contributed by atoms with E-state index in [0.29, 0.717) is 30.7 Å². The second-order valence-corrected chi connectivity index (χ2v) is 9.46. The van der Waals surface area contributed by atoms with Gasteiger partial charge >= 0.3 is 0 Å². The van der Waals surface area contributed by atoms with E-state index in [-0.39, 0.29) is 29.3 Å². The fourth-order valence-corrected chi connectivity index (χ4v) is 4.58. The molecular weight excluding hydrogens is 476 g/mol. The van der Waals surface area contributed by atoms with Crippen LogP contribution in [0.1, 0.15) is 49.9 Å². The van der Waals surface area contributed by atoms with Gasteiger partial charge in [0, 0.05) is 22.8 Å². The first-order chi connectivity index (χ1) is 16.6. The van der Waals surface area contributed by atoms with Gasteiger partial charge in [-0.1, -0.05) is 20.3 Å². The Morgan fingerprint density at radius 1 is 1.20 bits per heavy atom. The van der Waals surface area contributed by atoms with E-state index < -0.39 is 46.7 Å². The van der Waals surface area contributed by atoms with E-state index in [9.17, 15) is 29.3 Å². The number of hydrogen-bond donors (Lipinski definition) is 5. The number of nitrogens with two attached hydrogens (primary N) is 2. The van der Waals surface area contributed by atoms with Crippen molar-refractivity contribution in [3.05, 3.63) is 33.9 Å². The Morgan fingerprint density at radius 2 is 1.91 bits per heavy atom. The summed E-state index contributed by atoms with van der Waals surface area (Å²) in [6, 6.07) is 0.692. The van der Waals surface area contributed by atoms with E-state index in [1.807, 2.05) is 6.92 Å². The van der Waals surface area contributed by atoms with Gasteiger partial charge in [-0.15, -0.1) is 11.8 Å². The molecule has 0 fully saturated rings. The fourth-order valence-electron chi connectivity index (χ4n) is 3.52. The molecule has 0 saturated heterocycles. The number of non-ortho nitro benzene ring substituents is 1. The molecule has 0 bridgehead atoms. The third-order valence-corrected chi connectivity index (χ3v) is 7.01. The lowest BCUT2D eigenvalue weighted by Gasteiger charge is -2.27. The van der Waals surface area contributed by atoms with Gasteiger partial charge in [-0.25, -0.2) is 0 Å². The highest BCUT2D eigenvalue weighted by atomic mass is 32.2. The summed E-state index contributed by atoms with van der Waals surface area (Å²) in [7, 11) is 0. The minimum absolute atomic E-state index is 0.0152. The highest BCUT2D eigenvalue weighted by molar-refractivity contribution is 7.99. The van der Waals surface area contributed by atoms with Gasteiger partial charge in [0.15, 0.2) is 0 Å². The molecule has 0 spiro atoms. The lowest BCUT2D eigenvalue weighted by atomic mass is 9.97. The Hall–Kier alpha value is -3.19. The fraction of sp³-hybridized carbons (Fsp3) is 0.545. The lowest BCUT2D eigenvalue weighted by Crippen LogP contribution is -2.57. The number of amides is 4. The molecule has 0 radical (unpaired) electrons. The molecule has 1 aliphatic rings. The summed E-state index contributed by atoms with van der Waals surface area (Å²) >= 11 is 1.05.